The highest BCUT2D eigenvalue weighted by Gasteiger charge is 2.33. The first kappa shape index (κ1) is 15.9. The van der Waals surface area contributed by atoms with Gasteiger partial charge in [0.25, 0.3) is 0 Å². The number of hydrogen-bond donors (Lipinski definition) is 1. The van der Waals surface area contributed by atoms with Crippen LogP contribution in [0.2, 0.25) is 0 Å². The van der Waals surface area contributed by atoms with Crippen molar-refractivity contribution in [1.29, 1.82) is 0 Å². The van der Waals surface area contributed by atoms with Crippen LogP contribution in [-0.2, 0) is 14.8 Å². The number of sulfonamides is 1. The SMILES string of the molecule is CCNC1CCN(S(=O)(=O)CCOC)CC1CC. The summed E-state index contributed by atoms with van der Waals surface area (Å²) in [6.07, 6.45) is 1.91. The molecule has 0 saturated carbocycles. The maximum absolute atomic E-state index is 12.1. The summed E-state index contributed by atoms with van der Waals surface area (Å²) in [5, 5.41) is 3.45. The molecule has 0 amide bonds. The molecule has 2 unspecified atom stereocenters. The summed E-state index contributed by atoms with van der Waals surface area (Å²) in [6, 6.07) is 0.453. The summed E-state index contributed by atoms with van der Waals surface area (Å²) in [6.45, 7) is 6.69. The number of rotatable bonds is 7. The monoisotopic (exact) mass is 278 g/mol. The van der Waals surface area contributed by atoms with Gasteiger partial charge in [-0.1, -0.05) is 20.3 Å². The molecule has 0 aromatic heterocycles. The highest BCUT2D eigenvalue weighted by Crippen LogP contribution is 2.22. The second kappa shape index (κ2) is 7.43. The zero-order valence-electron chi connectivity index (χ0n) is 11.7. The van der Waals surface area contributed by atoms with Crippen LogP contribution in [0.3, 0.4) is 0 Å². The van der Waals surface area contributed by atoms with Gasteiger partial charge in [0.2, 0.25) is 10.0 Å². The Balaban J connectivity index is 2.61. The van der Waals surface area contributed by atoms with Crippen molar-refractivity contribution < 1.29 is 13.2 Å². The summed E-state index contributed by atoms with van der Waals surface area (Å²) in [7, 11) is -1.62. The van der Waals surface area contributed by atoms with Gasteiger partial charge < -0.3 is 10.1 Å². The molecule has 0 spiro atoms. The van der Waals surface area contributed by atoms with Gasteiger partial charge in [0.1, 0.15) is 0 Å². The maximum Gasteiger partial charge on any atom is 0.216 e. The highest BCUT2D eigenvalue weighted by atomic mass is 32.2. The van der Waals surface area contributed by atoms with E-state index in [9.17, 15) is 8.42 Å². The Kier molecular flexibility index (Phi) is 6.55. The molecule has 0 bridgehead atoms. The zero-order valence-corrected chi connectivity index (χ0v) is 12.5. The Hall–Kier alpha value is -0.170. The van der Waals surface area contributed by atoms with E-state index in [-0.39, 0.29) is 12.4 Å². The van der Waals surface area contributed by atoms with Crippen molar-refractivity contribution in [3.63, 3.8) is 0 Å². The summed E-state index contributed by atoms with van der Waals surface area (Å²) in [4.78, 5) is 0. The predicted octanol–water partition coefficient (Wildman–Crippen LogP) is 0.673. The van der Waals surface area contributed by atoms with Crippen molar-refractivity contribution >= 4 is 10.0 Å². The molecule has 1 fully saturated rings. The van der Waals surface area contributed by atoms with Gasteiger partial charge in [0.15, 0.2) is 0 Å². The number of nitrogens with zero attached hydrogens (tertiary/aromatic N) is 1. The van der Waals surface area contributed by atoms with Crippen molar-refractivity contribution in [2.45, 2.75) is 32.7 Å². The number of piperidine rings is 1. The number of ether oxygens (including phenoxy) is 1. The number of methoxy groups -OCH3 is 1. The van der Waals surface area contributed by atoms with Crippen LogP contribution in [0.1, 0.15) is 26.7 Å². The standard InChI is InChI=1S/C12H26N2O3S/c1-4-11-10-14(7-6-12(11)13-5-2)18(15,16)9-8-17-3/h11-13H,4-10H2,1-3H3. The van der Waals surface area contributed by atoms with Crippen molar-refractivity contribution in [2.24, 2.45) is 5.92 Å². The molecule has 0 radical (unpaired) electrons. The third-order valence-electron chi connectivity index (χ3n) is 3.63. The van der Waals surface area contributed by atoms with E-state index >= 15 is 0 Å². The molecule has 18 heavy (non-hydrogen) atoms. The third-order valence-corrected chi connectivity index (χ3v) is 5.43. The molecule has 0 aromatic rings. The van der Waals surface area contributed by atoms with E-state index in [1.165, 1.54) is 7.11 Å². The molecule has 108 valence electrons. The molecule has 1 rings (SSSR count). The minimum absolute atomic E-state index is 0.0891. The van der Waals surface area contributed by atoms with Crippen LogP contribution in [0.5, 0.6) is 0 Å². The molecule has 1 saturated heterocycles. The molecule has 0 aromatic carbocycles. The van der Waals surface area contributed by atoms with Gasteiger partial charge in [-0.25, -0.2) is 12.7 Å². The molecule has 5 nitrogen and oxygen atoms in total. The topological polar surface area (TPSA) is 58.6 Å². The molecule has 1 heterocycles. The Morgan fingerprint density at radius 2 is 2.11 bits per heavy atom. The van der Waals surface area contributed by atoms with Crippen LogP contribution < -0.4 is 5.32 Å². The molecule has 2 atom stereocenters. The fraction of sp³-hybridized carbons (Fsp3) is 1.00. The first-order valence-corrected chi connectivity index (χ1v) is 8.36. The van der Waals surface area contributed by atoms with E-state index in [0.717, 1.165) is 19.4 Å². The Labute approximate surface area is 111 Å². The van der Waals surface area contributed by atoms with Crippen molar-refractivity contribution in [3.8, 4) is 0 Å². The van der Waals surface area contributed by atoms with Crippen LogP contribution in [0.15, 0.2) is 0 Å². The summed E-state index contributed by atoms with van der Waals surface area (Å²) >= 11 is 0. The average molecular weight is 278 g/mol. The Bertz CT molecular complexity index is 332. The minimum Gasteiger partial charge on any atom is -0.384 e. The van der Waals surface area contributed by atoms with Crippen molar-refractivity contribution in [1.82, 2.24) is 9.62 Å². The molecule has 1 aliphatic heterocycles. The van der Waals surface area contributed by atoms with E-state index in [4.69, 9.17) is 4.74 Å². The maximum atomic E-state index is 12.1. The highest BCUT2D eigenvalue weighted by molar-refractivity contribution is 7.89. The number of hydrogen-bond acceptors (Lipinski definition) is 4. The lowest BCUT2D eigenvalue weighted by Crippen LogP contribution is -2.51. The molecular weight excluding hydrogens is 252 g/mol. The van der Waals surface area contributed by atoms with Crippen LogP contribution >= 0.6 is 0 Å². The smallest absolute Gasteiger partial charge is 0.216 e. The summed E-state index contributed by atoms with van der Waals surface area (Å²) in [5.41, 5.74) is 0. The van der Waals surface area contributed by atoms with E-state index in [1.54, 1.807) is 4.31 Å². The molecule has 0 aliphatic carbocycles. The largest absolute Gasteiger partial charge is 0.384 e. The van der Waals surface area contributed by atoms with Gasteiger partial charge in [0, 0.05) is 26.2 Å². The van der Waals surface area contributed by atoms with Crippen LogP contribution in [0.25, 0.3) is 0 Å². The van der Waals surface area contributed by atoms with Gasteiger partial charge >= 0.3 is 0 Å². The number of nitrogens with one attached hydrogen (secondary N) is 1. The van der Waals surface area contributed by atoms with E-state index in [0.29, 0.717) is 25.0 Å². The van der Waals surface area contributed by atoms with Crippen LogP contribution in [0.4, 0.5) is 0 Å². The van der Waals surface area contributed by atoms with Gasteiger partial charge in [0.05, 0.1) is 12.4 Å². The molecular formula is C12H26N2O3S. The zero-order chi connectivity index (χ0) is 13.6. The molecule has 6 heteroatoms. The Morgan fingerprint density at radius 1 is 1.39 bits per heavy atom. The van der Waals surface area contributed by atoms with Crippen LogP contribution in [0, 0.1) is 5.92 Å². The fourth-order valence-corrected chi connectivity index (χ4v) is 3.95. The molecule has 1 aliphatic rings. The summed E-state index contributed by atoms with van der Waals surface area (Å²) in [5.74, 6) is 0.502. The van der Waals surface area contributed by atoms with Crippen LogP contribution in [-0.4, -0.2) is 57.9 Å². The Morgan fingerprint density at radius 3 is 2.67 bits per heavy atom. The lowest BCUT2D eigenvalue weighted by Gasteiger charge is -2.37. The molecule has 1 N–H and O–H groups in total. The fourth-order valence-electron chi connectivity index (χ4n) is 2.51. The predicted molar refractivity (Wildman–Crippen MR) is 73.1 cm³/mol. The first-order chi connectivity index (χ1) is 8.55. The second-order valence-electron chi connectivity index (χ2n) is 4.79. The third kappa shape index (κ3) is 4.19. The average Bonchev–Trinajstić information content (AvgIpc) is 2.37. The van der Waals surface area contributed by atoms with Gasteiger partial charge in [-0.05, 0) is 18.9 Å². The first-order valence-electron chi connectivity index (χ1n) is 6.75. The lowest BCUT2D eigenvalue weighted by molar-refractivity contribution is 0.196. The second-order valence-corrected chi connectivity index (χ2v) is 6.88. The lowest BCUT2D eigenvalue weighted by atomic mass is 9.91. The van der Waals surface area contributed by atoms with Gasteiger partial charge in [-0.2, -0.15) is 0 Å². The van der Waals surface area contributed by atoms with E-state index < -0.39 is 10.0 Å². The van der Waals surface area contributed by atoms with Crippen molar-refractivity contribution in [2.75, 3.05) is 39.1 Å². The summed E-state index contributed by atoms with van der Waals surface area (Å²) < 4.78 is 30.7. The van der Waals surface area contributed by atoms with E-state index in [1.807, 2.05) is 0 Å². The van der Waals surface area contributed by atoms with E-state index in [2.05, 4.69) is 19.2 Å². The van der Waals surface area contributed by atoms with Gasteiger partial charge in [-0.15, -0.1) is 0 Å². The van der Waals surface area contributed by atoms with Crippen molar-refractivity contribution in [3.05, 3.63) is 0 Å². The quantitative estimate of drug-likeness (QED) is 0.744. The van der Waals surface area contributed by atoms with Gasteiger partial charge in [-0.3, -0.25) is 0 Å². The minimum atomic E-state index is -3.15. The normalized spacial score (nSPS) is 26.4.